The Bertz CT molecular complexity index is 780. The van der Waals surface area contributed by atoms with Gasteiger partial charge in [0.05, 0.1) is 10.9 Å². The van der Waals surface area contributed by atoms with Crippen molar-refractivity contribution in [3.8, 4) is 0 Å². The van der Waals surface area contributed by atoms with Crippen LogP contribution in [0.5, 0.6) is 0 Å². The number of benzene rings is 2. The fourth-order valence-electron chi connectivity index (χ4n) is 2.23. The molecule has 0 unspecified atom stereocenters. The maximum absolute atomic E-state index is 12.1. The molecule has 0 radical (unpaired) electrons. The summed E-state index contributed by atoms with van der Waals surface area (Å²) >= 11 is 1.34. The summed E-state index contributed by atoms with van der Waals surface area (Å²) in [6.07, 6.45) is -0.0279. The van der Waals surface area contributed by atoms with Gasteiger partial charge >= 0.3 is 0 Å². The number of carbonyl (C=O) groups is 3. The summed E-state index contributed by atoms with van der Waals surface area (Å²) in [5.74, 6) is -1.05. The van der Waals surface area contributed by atoms with Crippen molar-refractivity contribution in [2.24, 2.45) is 0 Å². The number of hydrazine groups is 1. The zero-order valence-corrected chi connectivity index (χ0v) is 13.4. The average Bonchev–Trinajstić information content (AvgIpc) is 2.61. The van der Waals surface area contributed by atoms with Crippen LogP contribution < -0.4 is 16.2 Å². The molecule has 0 saturated carbocycles. The van der Waals surface area contributed by atoms with Gasteiger partial charge in [-0.05, 0) is 24.3 Å². The molecule has 1 aliphatic heterocycles. The molecule has 6 nitrogen and oxygen atoms in total. The van der Waals surface area contributed by atoms with Crippen LogP contribution in [0.25, 0.3) is 0 Å². The fraction of sp³-hybridized carbons (Fsp3) is 0.118. The first-order chi connectivity index (χ1) is 11.6. The van der Waals surface area contributed by atoms with Gasteiger partial charge in [-0.1, -0.05) is 30.3 Å². The smallest absolute Gasteiger partial charge is 0.269 e. The predicted molar refractivity (Wildman–Crippen MR) is 91.4 cm³/mol. The van der Waals surface area contributed by atoms with Crippen molar-refractivity contribution in [3.05, 3.63) is 60.2 Å². The summed E-state index contributed by atoms with van der Waals surface area (Å²) in [6, 6.07) is 16.0. The molecule has 0 fully saturated rings. The fourth-order valence-corrected chi connectivity index (χ4v) is 3.35. The van der Waals surface area contributed by atoms with Crippen LogP contribution in [0.3, 0.4) is 0 Å². The molecule has 1 aliphatic rings. The Labute approximate surface area is 143 Å². The molecular weight excluding hydrogens is 326 g/mol. The van der Waals surface area contributed by atoms with Crippen LogP contribution in [0, 0.1) is 0 Å². The van der Waals surface area contributed by atoms with Crippen LogP contribution in [-0.2, 0) is 9.59 Å². The molecule has 1 heterocycles. The van der Waals surface area contributed by atoms with Crippen molar-refractivity contribution >= 4 is 35.2 Å². The van der Waals surface area contributed by atoms with E-state index < -0.39 is 17.1 Å². The molecular formula is C17H15N3O3S. The van der Waals surface area contributed by atoms with Gasteiger partial charge in [0, 0.05) is 16.9 Å². The lowest BCUT2D eigenvalue weighted by Gasteiger charge is -2.23. The molecule has 3 rings (SSSR count). The van der Waals surface area contributed by atoms with Crippen LogP contribution >= 0.6 is 11.8 Å². The highest BCUT2D eigenvalue weighted by Crippen LogP contribution is 2.36. The van der Waals surface area contributed by atoms with Crippen molar-refractivity contribution < 1.29 is 14.4 Å². The van der Waals surface area contributed by atoms with Crippen molar-refractivity contribution in [2.75, 3.05) is 5.32 Å². The molecule has 2 aromatic carbocycles. The average molecular weight is 341 g/mol. The minimum absolute atomic E-state index is 0.0279. The number of carbonyl (C=O) groups excluding carboxylic acids is 3. The number of nitrogens with one attached hydrogen (secondary N) is 3. The predicted octanol–water partition coefficient (Wildman–Crippen LogP) is 1.95. The summed E-state index contributed by atoms with van der Waals surface area (Å²) in [6.45, 7) is 0. The van der Waals surface area contributed by atoms with Crippen LogP contribution in [0.4, 0.5) is 5.69 Å². The van der Waals surface area contributed by atoms with Crippen LogP contribution in [0.15, 0.2) is 59.5 Å². The summed E-state index contributed by atoms with van der Waals surface area (Å²) < 4.78 is 0. The number of hydrogen-bond acceptors (Lipinski definition) is 4. The quantitative estimate of drug-likeness (QED) is 0.745. The minimum atomic E-state index is -0.534. The monoisotopic (exact) mass is 341 g/mol. The maximum Gasteiger partial charge on any atom is 0.269 e. The highest BCUT2D eigenvalue weighted by Gasteiger charge is 2.28. The molecule has 0 aromatic heterocycles. The van der Waals surface area contributed by atoms with Gasteiger partial charge in [0.15, 0.2) is 0 Å². The minimum Gasteiger partial charge on any atom is -0.324 e. The van der Waals surface area contributed by atoms with Gasteiger partial charge in [0.2, 0.25) is 11.8 Å². The topological polar surface area (TPSA) is 87.3 Å². The zero-order chi connectivity index (χ0) is 16.9. The Balaban J connectivity index is 1.54. The Hall–Kier alpha value is -2.80. The second-order valence-electron chi connectivity index (χ2n) is 5.16. The number of thioether (sulfide) groups is 1. The van der Waals surface area contributed by atoms with E-state index in [2.05, 4.69) is 16.2 Å². The van der Waals surface area contributed by atoms with E-state index in [0.717, 1.165) is 10.6 Å². The summed E-state index contributed by atoms with van der Waals surface area (Å²) in [5.41, 5.74) is 5.88. The molecule has 7 heteroatoms. The third-order valence-corrected chi connectivity index (χ3v) is 4.70. The first-order valence-corrected chi connectivity index (χ1v) is 8.22. The third-order valence-electron chi connectivity index (χ3n) is 3.43. The first kappa shape index (κ1) is 16.1. The molecule has 2 aromatic rings. The molecule has 24 heavy (non-hydrogen) atoms. The van der Waals surface area contributed by atoms with Crippen molar-refractivity contribution in [2.45, 2.75) is 16.6 Å². The lowest BCUT2D eigenvalue weighted by molar-refractivity contribution is -0.124. The number of anilines is 1. The van der Waals surface area contributed by atoms with Gasteiger partial charge in [-0.25, -0.2) is 0 Å². The van der Waals surface area contributed by atoms with Crippen molar-refractivity contribution in [1.29, 1.82) is 0 Å². The van der Waals surface area contributed by atoms with Gasteiger partial charge in [0.1, 0.15) is 0 Å². The highest BCUT2D eigenvalue weighted by atomic mass is 32.2. The number of para-hydroxylation sites is 1. The molecule has 0 saturated heterocycles. The van der Waals surface area contributed by atoms with E-state index in [1.54, 1.807) is 30.3 Å². The number of fused-ring (bicyclic) bond motifs is 1. The molecule has 0 spiro atoms. The van der Waals surface area contributed by atoms with Gasteiger partial charge < -0.3 is 5.32 Å². The van der Waals surface area contributed by atoms with Crippen molar-refractivity contribution in [3.63, 3.8) is 0 Å². The first-order valence-electron chi connectivity index (χ1n) is 7.34. The van der Waals surface area contributed by atoms with Gasteiger partial charge in [-0.15, -0.1) is 11.8 Å². The zero-order valence-electron chi connectivity index (χ0n) is 12.6. The number of rotatable bonds is 3. The van der Waals surface area contributed by atoms with E-state index in [4.69, 9.17) is 0 Å². The summed E-state index contributed by atoms with van der Waals surface area (Å²) in [4.78, 5) is 36.8. The van der Waals surface area contributed by atoms with E-state index >= 15 is 0 Å². The standard InChI is InChI=1S/C17H15N3O3S/c21-15(19-20-16(22)11-6-2-1-3-7-11)10-14-17(23)18-12-8-4-5-9-13(12)24-14/h1-9,14H,10H2,(H,18,23)(H,19,21)(H,20,22)/t14-/m1/s1. The molecule has 0 bridgehead atoms. The van der Waals surface area contributed by atoms with Crippen molar-refractivity contribution in [1.82, 2.24) is 10.9 Å². The molecule has 0 aliphatic carbocycles. The Morgan fingerprint density at radius 1 is 1.00 bits per heavy atom. The molecule has 3 N–H and O–H groups in total. The third kappa shape index (κ3) is 3.75. The van der Waals surface area contributed by atoms with Crippen LogP contribution in [0.2, 0.25) is 0 Å². The number of amides is 3. The largest absolute Gasteiger partial charge is 0.324 e. The highest BCUT2D eigenvalue weighted by molar-refractivity contribution is 8.01. The molecule has 1 atom stereocenters. The van der Waals surface area contributed by atoms with Gasteiger partial charge in [-0.2, -0.15) is 0 Å². The van der Waals surface area contributed by atoms with Gasteiger partial charge in [0.25, 0.3) is 5.91 Å². The van der Waals surface area contributed by atoms with E-state index in [1.807, 2.05) is 24.3 Å². The Kier molecular flexibility index (Phi) is 4.81. The Morgan fingerprint density at radius 2 is 1.71 bits per heavy atom. The maximum atomic E-state index is 12.1. The lowest BCUT2D eigenvalue weighted by atomic mass is 10.2. The summed E-state index contributed by atoms with van der Waals surface area (Å²) in [7, 11) is 0. The van der Waals surface area contributed by atoms with Gasteiger partial charge in [-0.3, -0.25) is 25.2 Å². The number of hydrogen-bond donors (Lipinski definition) is 3. The second kappa shape index (κ2) is 7.18. The molecule has 3 amide bonds. The SMILES string of the molecule is O=C(C[C@H]1Sc2ccccc2NC1=O)NNC(=O)c1ccccc1. The normalized spacial score (nSPS) is 15.8. The van der Waals surface area contributed by atoms with E-state index in [9.17, 15) is 14.4 Å². The van der Waals surface area contributed by atoms with E-state index in [1.165, 1.54) is 11.8 Å². The van der Waals surface area contributed by atoms with E-state index in [0.29, 0.717) is 5.56 Å². The molecule has 122 valence electrons. The second-order valence-corrected chi connectivity index (χ2v) is 6.41. The lowest BCUT2D eigenvalue weighted by Crippen LogP contribution is -2.44. The Morgan fingerprint density at radius 3 is 2.50 bits per heavy atom. The summed E-state index contributed by atoms with van der Waals surface area (Å²) in [5, 5.41) is 2.25. The van der Waals surface area contributed by atoms with Crippen LogP contribution in [-0.4, -0.2) is 23.0 Å². The van der Waals surface area contributed by atoms with E-state index in [-0.39, 0.29) is 12.3 Å². The van der Waals surface area contributed by atoms with Crippen LogP contribution in [0.1, 0.15) is 16.8 Å².